The molecule has 88 valence electrons. The van der Waals surface area contributed by atoms with Crippen molar-refractivity contribution in [2.45, 2.75) is 30.3 Å². The van der Waals surface area contributed by atoms with Gasteiger partial charge in [0.2, 0.25) is 0 Å². The summed E-state index contributed by atoms with van der Waals surface area (Å²) in [4.78, 5) is 1.42. The minimum Gasteiger partial charge on any atom is -0.383 e. The number of fused-ring (bicyclic) bond motifs is 1. The number of hydrogen-bond donors (Lipinski definition) is 1. The second kappa shape index (κ2) is 5.71. The molecule has 0 saturated heterocycles. The molecule has 2 rings (SSSR count). The highest BCUT2D eigenvalue weighted by molar-refractivity contribution is 7.99. The van der Waals surface area contributed by atoms with Gasteiger partial charge in [-0.25, -0.2) is 0 Å². The van der Waals surface area contributed by atoms with Crippen molar-refractivity contribution in [1.82, 2.24) is 5.32 Å². The van der Waals surface area contributed by atoms with Crippen LogP contribution >= 0.6 is 11.8 Å². The summed E-state index contributed by atoms with van der Waals surface area (Å²) >= 11 is 1.94. The highest BCUT2D eigenvalue weighted by Crippen LogP contribution is 2.37. The van der Waals surface area contributed by atoms with Gasteiger partial charge in [-0.2, -0.15) is 0 Å². The lowest BCUT2D eigenvalue weighted by atomic mass is 10.1. The summed E-state index contributed by atoms with van der Waals surface area (Å²) in [6, 6.07) is 9.62. The second-order valence-electron chi connectivity index (χ2n) is 4.13. The summed E-state index contributed by atoms with van der Waals surface area (Å²) in [5, 5.41) is 3.68. The molecule has 0 bridgehead atoms. The van der Waals surface area contributed by atoms with Crippen molar-refractivity contribution in [1.29, 1.82) is 0 Å². The van der Waals surface area contributed by atoms with Gasteiger partial charge in [0.1, 0.15) is 0 Å². The molecule has 1 aromatic carbocycles. The number of methoxy groups -OCH3 is 1. The minimum atomic E-state index is 0.460. The normalized spacial score (nSPS) is 20.8. The predicted octanol–water partition coefficient (Wildman–Crippen LogP) is 2.85. The Hall–Kier alpha value is -0.510. The molecule has 2 unspecified atom stereocenters. The molecule has 1 aromatic rings. The van der Waals surface area contributed by atoms with E-state index in [-0.39, 0.29) is 0 Å². The van der Waals surface area contributed by atoms with Crippen LogP contribution < -0.4 is 5.32 Å². The fourth-order valence-corrected chi connectivity index (χ4v) is 3.24. The lowest BCUT2D eigenvalue weighted by Gasteiger charge is -2.21. The molecule has 3 heteroatoms. The van der Waals surface area contributed by atoms with Gasteiger partial charge in [-0.05, 0) is 18.1 Å². The lowest BCUT2D eigenvalue weighted by Crippen LogP contribution is -2.35. The van der Waals surface area contributed by atoms with Gasteiger partial charge < -0.3 is 10.1 Å². The Bertz CT molecular complexity index is 342. The Morgan fingerprint density at radius 2 is 2.31 bits per heavy atom. The molecule has 16 heavy (non-hydrogen) atoms. The second-order valence-corrected chi connectivity index (χ2v) is 5.19. The largest absolute Gasteiger partial charge is 0.383 e. The van der Waals surface area contributed by atoms with E-state index in [9.17, 15) is 0 Å². The first-order valence-electron chi connectivity index (χ1n) is 5.81. The summed E-state index contributed by atoms with van der Waals surface area (Å²) in [7, 11) is 1.77. The molecular weight excluding hydrogens is 218 g/mol. The quantitative estimate of drug-likeness (QED) is 0.851. The molecule has 0 radical (unpaired) electrons. The molecule has 1 N–H and O–H groups in total. The van der Waals surface area contributed by atoms with Crippen LogP contribution in [0.15, 0.2) is 29.2 Å². The fraction of sp³-hybridized carbons (Fsp3) is 0.538. The van der Waals surface area contributed by atoms with Crippen molar-refractivity contribution in [3.63, 3.8) is 0 Å². The Morgan fingerprint density at radius 3 is 3.06 bits per heavy atom. The number of rotatable bonds is 5. The molecular formula is C13H19NOS. The van der Waals surface area contributed by atoms with Crippen molar-refractivity contribution >= 4 is 11.8 Å². The average Bonchev–Trinajstić information content (AvgIpc) is 2.72. The van der Waals surface area contributed by atoms with E-state index in [0.29, 0.717) is 12.1 Å². The summed E-state index contributed by atoms with van der Waals surface area (Å²) in [5.74, 6) is 1.14. The average molecular weight is 237 g/mol. The number of benzene rings is 1. The number of ether oxygens (including phenoxy) is 1. The van der Waals surface area contributed by atoms with E-state index in [2.05, 4.69) is 36.5 Å². The van der Waals surface area contributed by atoms with E-state index in [4.69, 9.17) is 4.74 Å². The smallest absolute Gasteiger partial charge is 0.0615 e. The van der Waals surface area contributed by atoms with E-state index < -0.39 is 0 Å². The lowest BCUT2D eigenvalue weighted by molar-refractivity contribution is 0.160. The van der Waals surface area contributed by atoms with Crippen LogP contribution in [0.25, 0.3) is 0 Å². The number of thioether (sulfide) groups is 1. The van der Waals surface area contributed by atoms with Crippen LogP contribution in [0, 0.1) is 0 Å². The fourth-order valence-electron chi connectivity index (χ4n) is 2.07. The van der Waals surface area contributed by atoms with Crippen molar-refractivity contribution in [2.24, 2.45) is 0 Å². The standard InChI is InChI=1S/C13H19NOS/c1-3-10(8-15-2)14-12-9-16-13-7-5-4-6-11(12)13/h4-7,10,12,14H,3,8-9H2,1-2H3. The van der Waals surface area contributed by atoms with Crippen LogP contribution in [0.2, 0.25) is 0 Å². The molecule has 2 nitrogen and oxygen atoms in total. The van der Waals surface area contributed by atoms with Crippen LogP contribution in [0.5, 0.6) is 0 Å². The Morgan fingerprint density at radius 1 is 1.50 bits per heavy atom. The van der Waals surface area contributed by atoms with Gasteiger partial charge in [-0.1, -0.05) is 25.1 Å². The monoisotopic (exact) mass is 237 g/mol. The van der Waals surface area contributed by atoms with Gasteiger partial charge in [0.15, 0.2) is 0 Å². The van der Waals surface area contributed by atoms with Crippen molar-refractivity contribution in [3.8, 4) is 0 Å². The van der Waals surface area contributed by atoms with E-state index in [1.165, 1.54) is 10.5 Å². The van der Waals surface area contributed by atoms with Crippen molar-refractivity contribution in [2.75, 3.05) is 19.5 Å². The first-order chi connectivity index (χ1) is 7.85. The van der Waals surface area contributed by atoms with Gasteiger partial charge in [-0.3, -0.25) is 0 Å². The summed E-state index contributed by atoms with van der Waals surface area (Å²) < 4.78 is 5.22. The van der Waals surface area contributed by atoms with E-state index in [1.54, 1.807) is 7.11 Å². The summed E-state index contributed by atoms with van der Waals surface area (Å²) in [5.41, 5.74) is 1.45. The summed E-state index contributed by atoms with van der Waals surface area (Å²) in [6.07, 6.45) is 1.11. The molecule has 0 amide bonds. The van der Waals surface area contributed by atoms with Crippen LogP contribution in [0.1, 0.15) is 24.9 Å². The maximum atomic E-state index is 5.22. The zero-order valence-corrected chi connectivity index (χ0v) is 10.7. The molecule has 0 aliphatic carbocycles. The van der Waals surface area contributed by atoms with Crippen LogP contribution in [0.3, 0.4) is 0 Å². The minimum absolute atomic E-state index is 0.460. The van der Waals surface area contributed by atoms with Gasteiger partial charge in [-0.15, -0.1) is 11.8 Å². The maximum absolute atomic E-state index is 5.22. The predicted molar refractivity (Wildman–Crippen MR) is 69.0 cm³/mol. The maximum Gasteiger partial charge on any atom is 0.0615 e. The number of hydrogen-bond acceptors (Lipinski definition) is 3. The highest BCUT2D eigenvalue weighted by Gasteiger charge is 2.24. The van der Waals surface area contributed by atoms with Gasteiger partial charge in [0, 0.05) is 29.8 Å². The molecule has 2 atom stereocenters. The van der Waals surface area contributed by atoms with E-state index >= 15 is 0 Å². The Balaban J connectivity index is 2.02. The van der Waals surface area contributed by atoms with Crippen LogP contribution in [-0.4, -0.2) is 25.5 Å². The van der Waals surface area contributed by atoms with Gasteiger partial charge in [0.05, 0.1) is 6.61 Å². The Kier molecular flexibility index (Phi) is 4.27. The first-order valence-corrected chi connectivity index (χ1v) is 6.80. The Labute approximate surface area is 102 Å². The molecule has 0 spiro atoms. The zero-order valence-electron chi connectivity index (χ0n) is 9.90. The van der Waals surface area contributed by atoms with Crippen LogP contribution in [-0.2, 0) is 4.74 Å². The molecule has 0 fully saturated rings. The third-order valence-electron chi connectivity index (χ3n) is 3.00. The van der Waals surface area contributed by atoms with Crippen molar-refractivity contribution < 1.29 is 4.74 Å². The molecule has 0 saturated carbocycles. The SMILES string of the molecule is CCC(COC)NC1CSc2ccccc21. The van der Waals surface area contributed by atoms with E-state index in [0.717, 1.165) is 18.8 Å². The van der Waals surface area contributed by atoms with Gasteiger partial charge >= 0.3 is 0 Å². The molecule has 1 aliphatic rings. The number of nitrogens with one attached hydrogen (secondary N) is 1. The molecule has 0 aromatic heterocycles. The summed E-state index contributed by atoms with van der Waals surface area (Å²) in [6.45, 7) is 2.99. The molecule has 1 aliphatic heterocycles. The highest BCUT2D eigenvalue weighted by atomic mass is 32.2. The van der Waals surface area contributed by atoms with E-state index in [1.807, 2.05) is 11.8 Å². The first kappa shape index (κ1) is 12.0. The van der Waals surface area contributed by atoms with Gasteiger partial charge in [0.25, 0.3) is 0 Å². The van der Waals surface area contributed by atoms with Crippen LogP contribution in [0.4, 0.5) is 0 Å². The van der Waals surface area contributed by atoms with Crippen molar-refractivity contribution in [3.05, 3.63) is 29.8 Å². The third kappa shape index (κ3) is 2.59. The zero-order chi connectivity index (χ0) is 11.4. The third-order valence-corrected chi connectivity index (χ3v) is 4.18. The topological polar surface area (TPSA) is 21.3 Å². The molecule has 1 heterocycles.